The van der Waals surface area contributed by atoms with E-state index in [4.69, 9.17) is 9.97 Å². The molecule has 2 N–H and O–H groups in total. The molecule has 1 aliphatic heterocycles. The van der Waals surface area contributed by atoms with Crippen LogP contribution in [0.25, 0.3) is 16.2 Å². The molecule has 6 rings (SSSR count). The van der Waals surface area contributed by atoms with Gasteiger partial charge in [-0.05, 0) is 50.3 Å². The molecule has 1 saturated carbocycles. The van der Waals surface area contributed by atoms with E-state index in [1.54, 1.807) is 40.5 Å². The number of rotatable bonds is 7. The Kier molecular flexibility index (Phi) is 6.29. The third-order valence-electron chi connectivity index (χ3n) is 6.96. The average Bonchev–Trinajstić information content (AvgIpc) is 3.55. The molecule has 37 heavy (non-hydrogen) atoms. The first-order chi connectivity index (χ1) is 18.0. The SMILES string of the molecule is CC(Nc1cc(C(=O)N2CCC(NC(=O)C3CC3)CC2)nc(-c2cnn3ccsc23)n1)c1ccncc1. The van der Waals surface area contributed by atoms with Crippen LogP contribution in [0.2, 0.25) is 0 Å². The fraction of sp³-hybridized carbons (Fsp3) is 0.385. The van der Waals surface area contributed by atoms with Gasteiger partial charge in [0.25, 0.3) is 5.91 Å². The first kappa shape index (κ1) is 23.5. The number of likely N-dealkylation sites (tertiary alicyclic amines) is 1. The molecule has 190 valence electrons. The minimum absolute atomic E-state index is 0.0477. The first-order valence-corrected chi connectivity index (χ1v) is 13.5. The van der Waals surface area contributed by atoms with Crippen LogP contribution in [0.3, 0.4) is 0 Å². The summed E-state index contributed by atoms with van der Waals surface area (Å²) in [5.41, 5.74) is 2.18. The van der Waals surface area contributed by atoms with E-state index in [1.165, 1.54) is 0 Å². The number of nitrogens with zero attached hydrogens (tertiary/aromatic N) is 6. The van der Waals surface area contributed by atoms with E-state index in [-0.39, 0.29) is 29.8 Å². The van der Waals surface area contributed by atoms with Crippen molar-refractivity contribution in [1.29, 1.82) is 0 Å². The Morgan fingerprint density at radius 3 is 2.65 bits per heavy atom. The van der Waals surface area contributed by atoms with Gasteiger partial charge in [0.05, 0.1) is 17.8 Å². The number of hydrogen-bond acceptors (Lipinski definition) is 8. The lowest BCUT2D eigenvalue weighted by Crippen LogP contribution is -2.47. The quantitative estimate of drug-likeness (QED) is 0.386. The fourth-order valence-electron chi connectivity index (χ4n) is 4.64. The predicted molar refractivity (Wildman–Crippen MR) is 140 cm³/mol. The van der Waals surface area contributed by atoms with Crippen molar-refractivity contribution in [2.75, 3.05) is 18.4 Å². The third kappa shape index (κ3) is 5.04. The summed E-state index contributed by atoms with van der Waals surface area (Å²) < 4.78 is 1.78. The summed E-state index contributed by atoms with van der Waals surface area (Å²) in [6.45, 7) is 3.19. The van der Waals surface area contributed by atoms with Crippen LogP contribution in [0.4, 0.5) is 5.82 Å². The maximum absolute atomic E-state index is 13.6. The molecule has 0 aromatic carbocycles. The van der Waals surface area contributed by atoms with Crippen molar-refractivity contribution in [1.82, 2.24) is 34.8 Å². The van der Waals surface area contributed by atoms with Crippen LogP contribution in [0.1, 0.15) is 54.7 Å². The second-order valence-electron chi connectivity index (χ2n) is 9.67. The maximum atomic E-state index is 13.6. The average molecular weight is 517 g/mol. The van der Waals surface area contributed by atoms with E-state index < -0.39 is 0 Å². The van der Waals surface area contributed by atoms with Gasteiger partial charge in [-0.1, -0.05) is 0 Å². The smallest absolute Gasteiger partial charge is 0.272 e. The van der Waals surface area contributed by atoms with Crippen molar-refractivity contribution in [2.45, 2.75) is 44.7 Å². The molecular formula is C26H28N8O2S. The highest BCUT2D eigenvalue weighted by molar-refractivity contribution is 7.16. The second-order valence-corrected chi connectivity index (χ2v) is 10.6. The molecule has 4 aromatic heterocycles. The molecule has 2 amide bonds. The molecule has 1 unspecified atom stereocenters. The molecule has 10 nitrogen and oxygen atoms in total. The Morgan fingerprint density at radius 2 is 1.89 bits per heavy atom. The van der Waals surface area contributed by atoms with E-state index in [0.29, 0.717) is 30.4 Å². The molecule has 4 aromatic rings. The number of carbonyl (C=O) groups is 2. The molecule has 5 heterocycles. The molecule has 0 spiro atoms. The molecule has 1 aliphatic carbocycles. The summed E-state index contributed by atoms with van der Waals surface area (Å²) in [6.07, 6.45) is 10.6. The predicted octanol–water partition coefficient (Wildman–Crippen LogP) is 3.55. The molecular weight excluding hydrogens is 488 g/mol. The number of pyridine rings is 1. The minimum Gasteiger partial charge on any atom is -0.363 e. The Bertz CT molecular complexity index is 1420. The number of nitrogens with one attached hydrogen (secondary N) is 2. The summed E-state index contributed by atoms with van der Waals surface area (Å²) in [7, 11) is 0. The van der Waals surface area contributed by atoms with Crippen molar-refractivity contribution in [3.8, 4) is 11.4 Å². The number of amides is 2. The van der Waals surface area contributed by atoms with Crippen molar-refractivity contribution in [2.24, 2.45) is 5.92 Å². The van der Waals surface area contributed by atoms with Gasteiger partial charge in [0.15, 0.2) is 5.82 Å². The molecule has 0 radical (unpaired) electrons. The Hall–Kier alpha value is -3.86. The van der Waals surface area contributed by atoms with E-state index in [9.17, 15) is 9.59 Å². The normalized spacial score (nSPS) is 17.1. The lowest BCUT2D eigenvalue weighted by atomic mass is 10.0. The van der Waals surface area contributed by atoms with E-state index >= 15 is 0 Å². The van der Waals surface area contributed by atoms with Gasteiger partial charge >= 0.3 is 0 Å². The summed E-state index contributed by atoms with van der Waals surface area (Å²) in [6, 6.07) is 5.69. The first-order valence-electron chi connectivity index (χ1n) is 12.6. The highest BCUT2D eigenvalue weighted by Gasteiger charge is 2.32. The zero-order chi connectivity index (χ0) is 25.4. The van der Waals surface area contributed by atoms with Gasteiger partial charge in [0.1, 0.15) is 16.3 Å². The van der Waals surface area contributed by atoms with Crippen LogP contribution in [0, 0.1) is 5.92 Å². The summed E-state index contributed by atoms with van der Waals surface area (Å²) in [5.74, 6) is 1.24. The molecule has 1 atom stereocenters. The van der Waals surface area contributed by atoms with Gasteiger partial charge in [-0.3, -0.25) is 14.6 Å². The number of hydrogen-bond donors (Lipinski definition) is 2. The Balaban J connectivity index is 1.25. The number of aromatic nitrogens is 5. The number of piperidine rings is 1. The van der Waals surface area contributed by atoms with Crippen molar-refractivity contribution < 1.29 is 9.59 Å². The van der Waals surface area contributed by atoms with Crippen molar-refractivity contribution in [3.05, 3.63) is 59.6 Å². The lowest BCUT2D eigenvalue weighted by molar-refractivity contribution is -0.123. The number of fused-ring (bicyclic) bond motifs is 1. The maximum Gasteiger partial charge on any atom is 0.272 e. The molecule has 0 bridgehead atoms. The van der Waals surface area contributed by atoms with Crippen LogP contribution in [-0.2, 0) is 4.79 Å². The zero-order valence-electron chi connectivity index (χ0n) is 20.5. The van der Waals surface area contributed by atoms with Gasteiger partial charge in [0, 0.05) is 55.1 Å². The van der Waals surface area contributed by atoms with E-state index in [2.05, 4.69) is 20.7 Å². The summed E-state index contributed by atoms with van der Waals surface area (Å²) >= 11 is 1.55. The standard InChI is InChI=1S/C26H28N8O2S/c1-16(17-4-8-27-9-5-17)29-22-14-21(31-23(32-22)20-15-28-34-12-13-37-26(20)34)25(36)33-10-6-19(7-11-33)30-24(35)18-2-3-18/h4-5,8-9,12-16,18-19H,2-3,6-7,10-11H2,1H3,(H,30,35)(H,29,31,32). The van der Waals surface area contributed by atoms with Gasteiger partial charge in [-0.15, -0.1) is 11.3 Å². The van der Waals surface area contributed by atoms with Crippen LogP contribution in [0.5, 0.6) is 0 Å². The van der Waals surface area contributed by atoms with Crippen LogP contribution >= 0.6 is 11.3 Å². The minimum atomic E-state index is -0.134. The van der Waals surface area contributed by atoms with E-state index in [0.717, 1.165) is 41.6 Å². The van der Waals surface area contributed by atoms with Gasteiger partial charge in [-0.2, -0.15) is 5.10 Å². The third-order valence-corrected chi connectivity index (χ3v) is 7.85. The summed E-state index contributed by atoms with van der Waals surface area (Å²) in [5, 5.41) is 12.9. The summed E-state index contributed by atoms with van der Waals surface area (Å²) in [4.78, 5) is 42.0. The number of anilines is 1. The largest absolute Gasteiger partial charge is 0.363 e. The second kappa shape index (κ2) is 9.89. The topological polar surface area (TPSA) is 117 Å². The Morgan fingerprint density at radius 1 is 1.11 bits per heavy atom. The zero-order valence-corrected chi connectivity index (χ0v) is 21.3. The van der Waals surface area contributed by atoms with Gasteiger partial charge < -0.3 is 15.5 Å². The van der Waals surface area contributed by atoms with Crippen LogP contribution in [0.15, 0.2) is 48.4 Å². The highest BCUT2D eigenvalue weighted by atomic mass is 32.1. The highest BCUT2D eigenvalue weighted by Crippen LogP contribution is 2.30. The van der Waals surface area contributed by atoms with Gasteiger partial charge in [-0.25, -0.2) is 14.5 Å². The van der Waals surface area contributed by atoms with Crippen molar-refractivity contribution >= 4 is 33.8 Å². The van der Waals surface area contributed by atoms with Crippen LogP contribution < -0.4 is 10.6 Å². The number of thiazole rings is 1. The molecule has 11 heteroatoms. The fourth-order valence-corrected chi connectivity index (χ4v) is 5.43. The number of carbonyl (C=O) groups excluding carboxylic acids is 2. The molecule has 2 fully saturated rings. The van der Waals surface area contributed by atoms with Crippen LogP contribution in [-0.4, -0.2) is 60.4 Å². The molecule has 2 aliphatic rings. The monoisotopic (exact) mass is 516 g/mol. The lowest BCUT2D eigenvalue weighted by Gasteiger charge is -2.32. The van der Waals surface area contributed by atoms with E-state index in [1.807, 2.05) is 35.5 Å². The Labute approximate surface area is 218 Å². The van der Waals surface area contributed by atoms with Crippen molar-refractivity contribution in [3.63, 3.8) is 0 Å². The molecule has 1 saturated heterocycles. The van der Waals surface area contributed by atoms with Gasteiger partial charge in [0.2, 0.25) is 5.91 Å².